The second-order valence-corrected chi connectivity index (χ2v) is 11.0. The van der Waals surface area contributed by atoms with Gasteiger partial charge >= 0.3 is 23.9 Å². The third kappa shape index (κ3) is 9.51. The van der Waals surface area contributed by atoms with E-state index in [-0.39, 0.29) is 45.3 Å². The number of ether oxygens (including phenoxy) is 5. The zero-order valence-electron chi connectivity index (χ0n) is 27.3. The average molecular weight is 637 g/mol. The molecule has 0 saturated carbocycles. The predicted molar refractivity (Wildman–Crippen MR) is 179 cm³/mol. The Morgan fingerprint density at radius 1 is 0.468 bits per heavy atom. The van der Waals surface area contributed by atoms with Crippen molar-refractivity contribution in [1.29, 1.82) is 0 Å². The molecular formula is C38H36O9. The molecule has 0 spiro atoms. The van der Waals surface area contributed by atoms with E-state index in [0.29, 0.717) is 28.0 Å². The first-order valence-electron chi connectivity index (χ1n) is 14.3. The van der Waals surface area contributed by atoms with Crippen LogP contribution in [0.4, 0.5) is 0 Å². The van der Waals surface area contributed by atoms with Crippen LogP contribution in [0.3, 0.4) is 0 Å². The third-order valence-electron chi connectivity index (χ3n) is 6.14. The summed E-state index contributed by atoms with van der Waals surface area (Å²) < 4.78 is 27.9. The first-order valence-corrected chi connectivity index (χ1v) is 14.3. The molecule has 0 aliphatic carbocycles. The number of benzene rings is 3. The molecule has 3 aromatic carbocycles. The van der Waals surface area contributed by atoms with E-state index in [2.05, 4.69) is 26.3 Å². The molecule has 0 aliphatic rings. The van der Waals surface area contributed by atoms with Crippen molar-refractivity contribution in [2.45, 2.75) is 41.5 Å². The lowest BCUT2D eigenvalue weighted by Gasteiger charge is -2.16. The maximum absolute atomic E-state index is 12.4. The summed E-state index contributed by atoms with van der Waals surface area (Å²) in [6.45, 7) is 24.2. The Kier molecular flexibility index (Phi) is 11.6. The normalized spacial score (nSPS) is 10.2. The molecule has 9 nitrogen and oxygen atoms in total. The van der Waals surface area contributed by atoms with Crippen LogP contribution in [0.25, 0.3) is 22.3 Å². The van der Waals surface area contributed by atoms with Crippen LogP contribution in [0.15, 0.2) is 115 Å². The first kappa shape index (κ1) is 35.5. The van der Waals surface area contributed by atoms with Gasteiger partial charge in [0.2, 0.25) is 0 Å². The van der Waals surface area contributed by atoms with E-state index in [0.717, 1.165) is 5.57 Å². The summed E-state index contributed by atoms with van der Waals surface area (Å²) in [5, 5.41) is 0. The lowest BCUT2D eigenvalue weighted by molar-refractivity contribution is -0.132. The molecule has 47 heavy (non-hydrogen) atoms. The number of carbonyl (C=O) groups is 4. The van der Waals surface area contributed by atoms with Crippen molar-refractivity contribution in [2.24, 2.45) is 0 Å². The molecule has 0 unspecified atom stereocenters. The molecule has 0 radical (unpaired) electrons. The molecule has 0 N–H and O–H groups in total. The highest BCUT2D eigenvalue weighted by atomic mass is 16.6. The van der Waals surface area contributed by atoms with Crippen molar-refractivity contribution >= 4 is 23.9 Å². The van der Waals surface area contributed by atoms with Crippen molar-refractivity contribution in [2.75, 3.05) is 0 Å². The highest BCUT2D eigenvalue weighted by Gasteiger charge is 2.20. The Balaban J connectivity index is 2.17. The van der Waals surface area contributed by atoms with Gasteiger partial charge in [-0.25, -0.2) is 19.2 Å². The van der Waals surface area contributed by atoms with Gasteiger partial charge in [-0.15, -0.1) is 0 Å². The van der Waals surface area contributed by atoms with Gasteiger partial charge in [0, 0.05) is 27.9 Å². The second-order valence-electron chi connectivity index (χ2n) is 11.0. The number of esters is 4. The zero-order valence-corrected chi connectivity index (χ0v) is 27.3. The number of rotatable bonds is 12. The Morgan fingerprint density at radius 2 is 0.809 bits per heavy atom. The van der Waals surface area contributed by atoms with E-state index >= 15 is 0 Å². The molecule has 0 heterocycles. The van der Waals surface area contributed by atoms with Crippen molar-refractivity contribution < 1.29 is 42.9 Å². The summed E-state index contributed by atoms with van der Waals surface area (Å²) >= 11 is 0. The van der Waals surface area contributed by atoms with Gasteiger partial charge < -0.3 is 23.7 Å². The van der Waals surface area contributed by atoms with Crippen molar-refractivity contribution in [3.63, 3.8) is 0 Å². The highest BCUT2D eigenvalue weighted by Crippen LogP contribution is 2.41. The molecule has 0 aliphatic heterocycles. The molecule has 0 atom stereocenters. The summed E-state index contributed by atoms with van der Waals surface area (Å²) in [6.07, 6.45) is 1.58. The molecule has 3 aromatic rings. The van der Waals surface area contributed by atoms with E-state index in [9.17, 15) is 19.2 Å². The topological polar surface area (TPSA) is 114 Å². The summed E-state index contributed by atoms with van der Waals surface area (Å²) in [7, 11) is 0. The molecule has 0 amide bonds. The lowest BCUT2D eigenvalue weighted by Crippen LogP contribution is -2.13. The molecule has 0 fully saturated rings. The quantitative estimate of drug-likeness (QED) is 0.0839. The van der Waals surface area contributed by atoms with Gasteiger partial charge in [-0.05, 0) is 94.1 Å². The van der Waals surface area contributed by atoms with Gasteiger partial charge in [0.05, 0.1) is 6.26 Å². The fourth-order valence-electron chi connectivity index (χ4n) is 3.66. The Labute approximate surface area is 274 Å². The van der Waals surface area contributed by atoms with E-state index in [1.807, 2.05) is 13.8 Å². The van der Waals surface area contributed by atoms with Crippen LogP contribution in [0, 0.1) is 0 Å². The SMILES string of the molecule is C=C(C)C(=O)Oc1ccc(-c2ccc(-c3ccc(OC(=O)C(=C)C)c(OC(=O)C(=C)C)c3)c(OC=C(C)C)c2)cc1OC(=O)C(=C)C. The number of hydrogen-bond donors (Lipinski definition) is 0. The first-order chi connectivity index (χ1) is 22.1. The third-order valence-corrected chi connectivity index (χ3v) is 6.14. The van der Waals surface area contributed by atoms with Gasteiger partial charge in [-0.2, -0.15) is 0 Å². The predicted octanol–water partition coefficient (Wildman–Crippen LogP) is 8.25. The molecule has 3 rings (SSSR count). The van der Waals surface area contributed by atoms with Gasteiger partial charge in [0.25, 0.3) is 0 Å². The van der Waals surface area contributed by atoms with E-state index in [1.54, 1.807) is 48.7 Å². The second kappa shape index (κ2) is 15.4. The highest BCUT2D eigenvalue weighted by molar-refractivity contribution is 5.93. The summed E-state index contributed by atoms with van der Waals surface area (Å²) in [4.78, 5) is 49.4. The number of carbonyl (C=O) groups excluding carboxylic acids is 4. The van der Waals surface area contributed by atoms with Gasteiger partial charge in [-0.1, -0.05) is 50.6 Å². The minimum Gasteiger partial charge on any atom is -0.464 e. The summed E-state index contributed by atoms with van der Waals surface area (Å²) in [5.74, 6) is -2.30. The van der Waals surface area contributed by atoms with Crippen LogP contribution in [-0.4, -0.2) is 23.9 Å². The zero-order chi connectivity index (χ0) is 35.0. The Bertz CT molecular complexity index is 1850. The van der Waals surface area contributed by atoms with Gasteiger partial charge in [0.15, 0.2) is 23.0 Å². The number of hydrogen-bond acceptors (Lipinski definition) is 9. The largest absolute Gasteiger partial charge is 0.464 e. The monoisotopic (exact) mass is 636 g/mol. The molecule has 0 aromatic heterocycles. The van der Waals surface area contributed by atoms with Crippen LogP contribution < -0.4 is 23.7 Å². The van der Waals surface area contributed by atoms with Crippen molar-refractivity contribution in [1.82, 2.24) is 0 Å². The molecule has 242 valence electrons. The molecule has 0 bridgehead atoms. The smallest absolute Gasteiger partial charge is 0.338 e. The molecular weight excluding hydrogens is 600 g/mol. The van der Waals surface area contributed by atoms with E-state index in [4.69, 9.17) is 23.7 Å². The summed E-state index contributed by atoms with van der Waals surface area (Å²) in [5.41, 5.74) is 3.98. The molecule has 9 heteroatoms. The van der Waals surface area contributed by atoms with Crippen LogP contribution in [0.2, 0.25) is 0 Å². The lowest BCUT2D eigenvalue weighted by atomic mass is 9.98. The fraction of sp³-hybridized carbons (Fsp3) is 0.158. The van der Waals surface area contributed by atoms with E-state index < -0.39 is 23.9 Å². The van der Waals surface area contributed by atoms with Gasteiger partial charge in [0.1, 0.15) is 5.75 Å². The van der Waals surface area contributed by atoms with Crippen molar-refractivity contribution in [3.05, 3.63) is 115 Å². The summed E-state index contributed by atoms with van der Waals surface area (Å²) in [6, 6.07) is 14.9. The minimum absolute atomic E-state index is 0.00445. The van der Waals surface area contributed by atoms with E-state index in [1.165, 1.54) is 39.8 Å². The Morgan fingerprint density at radius 3 is 1.21 bits per heavy atom. The van der Waals surface area contributed by atoms with Gasteiger partial charge in [-0.3, -0.25) is 0 Å². The average Bonchev–Trinajstić information content (AvgIpc) is 3.01. The maximum atomic E-state index is 12.4. The van der Waals surface area contributed by atoms with Crippen LogP contribution in [0.1, 0.15) is 41.5 Å². The maximum Gasteiger partial charge on any atom is 0.338 e. The number of allylic oxidation sites excluding steroid dienone is 1. The van der Waals surface area contributed by atoms with Crippen LogP contribution >= 0.6 is 0 Å². The standard InChI is InChI=1S/C38H36O9/c1-21(2)20-43-32-17-26(27-12-15-30(44-35(39)22(3)4)33(18-27)46-37(41)24(7)8)11-14-29(32)28-13-16-31(45-36(40)23(5)6)34(19-28)47-38(42)25(9)10/h11-20H,3,5,7,9H2,1-2,4,6,8,10H3. The van der Waals surface area contributed by atoms with Crippen LogP contribution in [0.5, 0.6) is 28.7 Å². The fourth-order valence-corrected chi connectivity index (χ4v) is 3.66. The van der Waals surface area contributed by atoms with Crippen LogP contribution in [-0.2, 0) is 19.2 Å². The molecule has 0 saturated heterocycles. The minimum atomic E-state index is -0.702. The Hall–Kier alpha value is -5.96. The van der Waals surface area contributed by atoms with Crippen molar-refractivity contribution in [3.8, 4) is 51.0 Å².